The number of amides is 3. The van der Waals surface area contributed by atoms with Crippen LogP contribution >= 0.6 is 0 Å². The average Bonchev–Trinajstić information content (AvgIpc) is 2.70. The summed E-state index contributed by atoms with van der Waals surface area (Å²) in [6.45, 7) is 6.27. The van der Waals surface area contributed by atoms with Crippen LogP contribution in [0.3, 0.4) is 0 Å². The first-order valence-corrected chi connectivity index (χ1v) is 7.18. The van der Waals surface area contributed by atoms with Crippen molar-refractivity contribution in [2.45, 2.75) is 39.5 Å². The van der Waals surface area contributed by atoms with Crippen molar-refractivity contribution in [3.63, 3.8) is 0 Å². The highest BCUT2D eigenvalue weighted by molar-refractivity contribution is 6.02. The number of carbonyl (C=O) groups is 3. The maximum absolute atomic E-state index is 11.6. The van der Waals surface area contributed by atoms with Gasteiger partial charge in [-0.3, -0.25) is 19.3 Å². The van der Waals surface area contributed by atoms with Crippen molar-refractivity contribution in [1.29, 1.82) is 0 Å². The minimum atomic E-state index is -0.176. The smallest absolute Gasteiger partial charge is 0.229 e. The van der Waals surface area contributed by atoms with Crippen LogP contribution < -0.4 is 5.32 Å². The topological polar surface area (TPSA) is 75.7 Å². The second-order valence-corrected chi connectivity index (χ2v) is 5.36. The molecule has 1 fully saturated rings. The van der Waals surface area contributed by atoms with Crippen molar-refractivity contribution >= 4 is 17.7 Å². The van der Waals surface area contributed by atoms with Crippen LogP contribution in [-0.2, 0) is 19.1 Å². The van der Waals surface area contributed by atoms with E-state index >= 15 is 0 Å². The van der Waals surface area contributed by atoms with Gasteiger partial charge in [-0.2, -0.15) is 0 Å². The molecule has 114 valence electrons. The summed E-state index contributed by atoms with van der Waals surface area (Å²) in [5.41, 5.74) is 0. The van der Waals surface area contributed by atoms with Gasteiger partial charge in [-0.1, -0.05) is 13.8 Å². The van der Waals surface area contributed by atoms with E-state index in [1.165, 1.54) is 4.90 Å². The Kier molecular flexibility index (Phi) is 7.22. The molecule has 0 aromatic heterocycles. The summed E-state index contributed by atoms with van der Waals surface area (Å²) in [4.78, 5) is 35.4. The van der Waals surface area contributed by atoms with E-state index in [1.54, 1.807) is 0 Å². The molecule has 6 heteroatoms. The molecule has 1 N–H and O–H groups in total. The minimum Gasteiger partial charge on any atom is -0.381 e. The van der Waals surface area contributed by atoms with Crippen molar-refractivity contribution in [2.75, 3.05) is 26.3 Å². The molecule has 0 spiro atoms. The lowest BCUT2D eigenvalue weighted by molar-refractivity contribution is -0.138. The van der Waals surface area contributed by atoms with Gasteiger partial charge in [0.15, 0.2) is 0 Å². The second-order valence-electron chi connectivity index (χ2n) is 5.36. The Balaban J connectivity index is 2.03. The van der Waals surface area contributed by atoms with Gasteiger partial charge in [0.1, 0.15) is 0 Å². The zero-order chi connectivity index (χ0) is 15.0. The maximum Gasteiger partial charge on any atom is 0.229 e. The summed E-state index contributed by atoms with van der Waals surface area (Å²) >= 11 is 0. The van der Waals surface area contributed by atoms with Crippen LogP contribution in [0.4, 0.5) is 0 Å². The molecule has 0 unspecified atom stereocenters. The lowest BCUT2D eigenvalue weighted by Crippen LogP contribution is -2.34. The summed E-state index contributed by atoms with van der Waals surface area (Å²) in [6, 6.07) is 0. The van der Waals surface area contributed by atoms with Crippen LogP contribution in [0.5, 0.6) is 0 Å². The van der Waals surface area contributed by atoms with Gasteiger partial charge in [-0.05, 0) is 12.3 Å². The molecule has 0 bridgehead atoms. The van der Waals surface area contributed by atoms with Crippen LogP contribution in [-0.4, -0.2) is 48.9 Å². The standard InChI is InChI=1S/C14H24N2O4/c1-11(2)10-20-9-3-7-15-12(17)6-8-16-13(18)4-5-14(16)19/h11H,3-10H2,1-2H3,(H,15,17). The molecule has 0 aliphatic carbocycles. The average molecular weight is 284 g/mol. The Morgan fingerprint density at radius 3 is 2.55 bits per heavy atom. The molecule has 6 nitrogen and oxygen atoms in total. The highest BCUT2D eigenvalue weighted by Crippen LogP contribution is 2.11. The van der Waals surface area contributed by atoms with Gasteiger partial charge in [0.05, 0.1) is 0 Å². The molecule has 1 rings (SSSR count). The lowest BCUT2D eigenvalue weighted by atomic mass is 10.2. The number of imide groups is 1. The summed E-state index contributed by atoms with van der Waals surface area (Å²) in [6.07, 6.45) is 1.48. The molecule has 3 amide bonds. The third-order valence-electron chi connectivity index (χ3n) is 2.96. The van der Waals surface area contributed by atoms with E-state index in [1.807, 2.05) is 0 Å². The lowest BCUT2D eigenvalue weighted by Gasteiger charge is -2.13. The molecule has 0 aromatic rings. The van der Waals surface area contributed by atoms with Gasteiger partial charge in [0, 0.05) is 45.6 Å². The highest BCUT2D eigenvalue weighted by atomic mass is 16.5. The van der Waals surface area contributed by atoms with Gasteiger partial charge in [0.25, 0.3) is 0 Å². The molecule has 1 aliphatic rings. The highest BCUT2D eigenvalue weighted by Gasteiger charge is 2.28. The van der Waals surface area contributed by atoms with E-state index in [4.69, 9.17) is 4.74 Å². The van der Waals surface area contributed by atoms with Crippen LogP contribution in [0.25, 0.3) is 0 Å². The van der Waals surface area contributed by atoms with Gasteiger partial charge >= 0.3 is 0 Å². The minimum absolute atomic E-state index is 0.138. The molecule has 1 saturated heterocycles. The normalized spacial score (nSPS) is 15.2. The number of ether oxygens (including phenoxy) is 1. The van der Waals surface area contributed by atoms with E-state index in [2.05, 4.69) is 19.2 Å². The Hall–Kier alpha value is -1.43. The summed E-state index contributed by atoms with van der Waals surface area (Å²) in [5, 5.41) is 2.76. The fourth-order valence-corrected chi connectivity index (χ4v) is 1.90. The first-order chi connectivity index (χ1) is 9.50. The monoisotopic (exact) mass is 284 g/mol. The van der Waals surface area contributed by atoms with Crippen molar-refractivity contribution < 1.29 is 19.1 Å². The molecule has 20 heavy (non-hydrogen) atoms. The predicted octanol–water partition coefficient (Wildman–Crippen LogP) is 0.704. The molecule has 0 atom stereocenters. The molecule has 1 heterocycles. The van der Waals surface area contributed by atoms with Crippen LogP contribution in [0.2, 0.25) is 0 Å². The number of rotatable bonds is 9. The quantitative estimate of drug-likeness (QED) is 0.499. The van der Waals surface area contributed by atoms with Crippen LogP contribution in [0.1, 0.15) is 39.5 Å². The number of nitrogens with zero attached hydrogens (tertiary/aromatic N) is 1. The number of hydrogen-bond donors (Lipinski definition) is 1. The van der Waals surface area contributed by atoms with Crippen LogP contribution in [0, 0.1) is 5.92 Å². The first-order valence-electron chi connectivity index (χ1n) is 7.18. The molecular weight excluding hydrogens is 260 g/mol. The first kappa shape index (κ1) is 16.6. The Morgan fingerprint density at radius 1 is 1.30 bits per heavy atom. The largest absolute Gasteiger partial charge is 0.381 e. The van der Waals surface area contributed by atoms with Crippen molar-refractivity contribution in [3.05, 3.63) is 0 Å². The van der Waals surface area contributed by atoms with Crippen LogP contribution in [0.15, 0.2) is 0 Å². The maximum atomic E-state index is 11.6. The third kappa shape index (κ3) is 6.14. The number of hydrogen-bond acceptors (Lipinski definition) is 4. The van der Waals surface area contributed by atoms with E-state index in [0.29, 0.717) is 19.1 Å². The Morgan fingerprint density at radius 2 is 1.95 bits per heavy atom. The van der Waals surface area contributed by atoms with Crippen molar-refractivity contribution in [1.82, 2.24) is 10.2 Å². The fourth-order valence-electron chi connectivity index (χ4n) is 1.90. The fraction of sp³-hybridized carbons (Fsp3) is 0.786. The summed E-state index contributed by atoms with van der Waals surface area (Å²) in [5.74, 6) is 0.0243. The number of likely N-dealkylation sites (tertiary alicyclic amines) is 1. The zero-order valence-electron chi connectivity index (χ0n) is 12.3. The van der Waals surface area contributed by atoms with Gasteiger partial charge in [-0.25, -0.2) is 0 Å². The van der Waals surface area contributed by atoms with Gasteiger partial charge < -0.3 is 10.1 Å². The number of carbonyl (C=O) groups excluding carboxylic acids is 3. The van der Waals surface area contributed by atoms with E-state index in [9.17, 15) is 14.4 Å². The van der Waals surface area contributed by atoms with E-state index < -0.39 is 0 Å². The molecular formula is C14H24N2O4. The number of nitrogens with one attached hydrogen (secondary N) is 1. The van der Waals surface area contributed by atoms with E-state index in [0.717, 1.165) is 13.0 Å². The SMILES string of the molecule is CC(C)COCCCNC(=O)CCN1C(=O)CCC1=O. The zero-order valence-corrected chi connectivity index (χ0v) is 12.3. The predicted molar refractivity (Wildman–Crippen MR) is 73.9 cm³/mol. The van der Waals surface area contributed by atoms with E-state index in [-0.39, 0.29) is 43.5 Å². The molecule has 0 saturated carbocycles. The summed E-state index contributed by atoms with van der Waals surface area (Å²) < 4.78 is 5.40. The summed E-state index contributed by atoms with van der Waals surface area (Å²) in [7, 11) is 0. The van der Waals surface area contributed by atoms with Crippen molar-refractivity contribution in [3.8, 4) is 0 Å². The molecule has 1 aliphatic heterocycles. The van der Waals surface area contributed by atoms with Gasteiger partial charge in [0.2, 0.25) is 17.7 Å². The van der Waals surface area contributed by atoms with Crippen molar-refractivity contribution in [2.24, 2.45) is 5.92 Å². The molecule has 0 radical (unpaired) electrons. The molecule has 0 aromatic carbocycles. The van der Waals surface area contributed by atoms with Gasteiger partial charge in [-0.15, -0.1) is 0 Å². The Bertz CT molecular complexity index is 339. The second kappa shape index (κ2) is 8.68. The third-order valence-corrected chi connectivity index (χ3v) is 2.96. The Labute approximate surface area is 119 Å².